The highest BCUT2D eigenvalue weighted by Gasteiger charge is 2.24. The second kappa shape index (κ2) is 6.94. The fraction of sp³-hybridized carbons (Fsp3) is 0.158. The molecular weight excluding hydrogens is 354 g/mol. The van der Waals surface area contributed by atoms with Crippen molar-refractivity contribution in [1.29, 1.82) is 0 Å². The predicted octanol–water partition coefficient (Wildman–Crippen LogP) is 4.41. The van der Waals surface area contributed by atoms with Crippen molar-refractivity contribution in [1.82, 2.24) is 9.97 Å². The summed E-state index contributed by atoms with van der Waals surface area (Å²) in [6.45, 7) is 0.757. The van der Waals surface area contributed by atoms with Gasteiger partial charge in [0.15, 0.2) is 5.16 Å². The number of hydrogen-bond donors (Lipinski definition) is 1. The van der Waals surface area contributed by atoms with E-state index in [1.54, 1.807) is 6.20 Å². The maximum atomic E-state index is 12.5. The number of rotatable bonds is 4. The van der Waals surface area contributed by atoms with Crippen molar-refractivity contribution in [2.24, 2.45) is 0 Å². The molecule has 4 nitrogen and oxygen atoms in total. The Kier molecular flexibility index (Phi) is 4.51. The molecule has 0 bridgehead atoms. The molecule has 4 rings (SSSR count). The molecule has 1 amide bonds. The number of fused-ring (bicyclic) bond motifs is 1. The van der Waals surface area contributed by atoms with Crippen molar-refractivity contribution >= 4 is 35.0 Å². The average Bonchev–Trinajstić information content (AvgIpc) is 3.27. The van der Waals surface area contributed by atoms with Gasteiger partial charge in [0.1, 0.15) is 0 Å². The van der Waals surface area contributed by atoms with E-state index in [9.17, 15) is 4.79 Å². The molecule has 1 aliphatic heterocycles. The number of carbonyl (C=O) groups excluding carboxylic acids is 1. The number of benzene rings is 2. The van der Waals surface area contributed by atoms with Crippen LogP contribution in [-0.2, 0) is 11.2 Å². The van der Waals surface area contributed by atoms with Gasteiger partial charge in [0, 0.05) is 17.3 Å². The van der Waals surface area contributed by atoms with E-state index in [1.807, 2.05) is 47.4 Å². The van der Waals surface area contributed by atoms with Crippen molar-refractivity contribution < 1.29 is 4.79 Å². The fourth-order valence-electron chi connectivity index (χ4n) is 2.96. The van der Waals surface area contributed by atoms with Gasteiger partial charge in [-0.3, -0.25) is 4.79 Å². The van der Waals surface area contributed by atoms with Gasteiger partial charge in [-0.25, -0.2) is 4.98 Å². The Labute approximate surface area is 155 Å². The van der Waals surface area contributed by atoms with Gasteiger partial charge in [0.05, 0.1) is 17.6 Å². The van der Waals surface area contributed by atoms with Crippen LogP contribution in [0.1, 0.15) is 5.56 Å². The third-order valence-electron chi connectivity index (χ3n) is 4.23. The standard InChI is InChI=1S/C19H16ClN3OS/c20-15-7-5-13(6-8-15)16-11-21-19(22-16)25-12-18(24)23-10-9-14-3-1-2-4-17(14)23/h1-8,11H,9-10,12H2,(H,21,22). The quantitative estimate of drug-likeness (QED) is 0.693. The number of imidazole rings is 1. The second-order valence-electron chi connectivity index (χ2n) is 5.82. The molecule has 2 heterocycles. The molecule has 0 fully saturated rings. The Balaban J connectivity index is 1.41. The normalized spacial score (nSPS) is 13.1. The first kappa shape index (κ1) is 16.2. The Morgan fingerprint density at radius 2 is 2.00 bits per heavy atom. The van der Waals surface area contributed by atoms with E-state index in [-0.39, 0.29) is 5.91 Å². The number of halogens is 1. The lowest BCUT2D eigenvalue weighted by Crippen LogP contribution is -2.30. The van der Waals surface area contributed by atoms with Crippen LogP contribution in [0.15, 0.2) is 59.9 Å². The number of H-pyrrole nitrogens is 1. The largest absolute Gasteiger partial charge is 0.333 e. The van der Waals surface area contributed by atoms with Crippen LogP contribution in [0.25, 0.3) is 11.3 Å². The molecule has 2 aromatic carbocycles. The zero-order valence-electron chi connectivity index (χ0n) is 13.4. The minimum atomic E-state index is 0.111. The molecule has 25 heavy (non-hydrogen) atoms. The van der Waals surface area contributed by atoms with Gasteiger partial charge < -0.3 is 9.88 Å². The Morgan fingerprint density at radius 3 is 2.84 bits per heavy atom. The van der Waals surface area contributed by atoms with Gasteiger partial charge in [-0.15, -0.1) is 0 Å². The molecule has 3 aromatic rings. The summed E-state index contributed by atoms with van der Waals surface area (Å²) in [6.07, 6.45) is 2.70. The molecule has 1 N–H and O–H groups in total. The van der Waals surface area contributed by atoms with Crippen LogP contribution in [0, 0.1) is 0 Å². The minimum Gasteiger partial charge on any atom is -0.333 e. The van der Waals surface area contributed by atoms with E-state index in [1.165, 1.54) is 17.3 Å². The highest BCUT2D eigenvalue weighted by molar-refractivity contribution is 7.99. The van der Waals surface area contributed by atoms with Gasteiger partial charge in [-0.1, -0.05) is 53.7 Å². The molecule has 126 valence electrons. The van der Waals surface area contributed by atoms with Gasteiger partial charge in [0.25, 0.3) is 0 Å². The molecule has 0 saturated heterocycles. The summed E-state index contributed by atoms with van der Waals surface area (Å²) in [5.41, 5.74) is 4.21. The van der Waals surface area contributed by atoms with Gasteiger partial charge >= 0.3 is 0 Å². The van der Waals surface area contributed by atoms with E-state index in [0.29, 0.717) is 10.8 Å². The number of anilines is 1. The molecule has 0 radical (unpaired) electrons. The highest BCUT2D eigenvalue weighted by Crippen LogP contribution is 2.29. The lowest BCUT2D eigenvalue weighted by atomic mass is 10.2. The minimum absolute atomic E-state index is 0.111. The first-order valence-corrected chi connectivity index (χ1v) is 9.39. The summed E-state index contributed by atoms with van der Waals surface area (Å²) >= 11 is 7.34. The SMILES string of the molecule is O=C(CSc1ncc(-c2ccc(Cl)cc2)[nH]1)N1CCc2ccccc21. The van der Waals surface area contributed by atoms with Gasteiger partial charge in [0.2, 0.25) is 5.91 Å². The number of para-hydroxylation sites is 1. The van der Waals surface area contributed by atoms with Crippen LogP contribution in [0.4, 0.5) is 5.69 Å². The summed E-state index contributed by atoms with van der Waals surface area (Å²) < 4.78 is 0. The van der Waals surface area contributed by atoms with Crippen molar-refractivity contribution in [2.45, 2.75) is 11.6 Å². The summed E-state index contributed by atoms with van der Waals surface area (Å²) in [7, 11) is 0. The molecular formula is C19H16ClN3OS. The lowest BCUT2D eigenvalue weighted by Gasteiger charge is -2.16. The molecule has 0 unspecified atom stereocenters. The Morgan fingerprint density at radius 1 is 1.20 bits per heavy atom. The van der Waals surface area contributed by atoms with Crippen LogP contribution in [-0.4, -0.2) is 28.2 Å². The summed E-state index contributed by atoms with van der Waals surface area (Å²) in [5.74, 6) is 0.474. The molecule has 0 aliphatic carbocycles. The van der Waals surface area contributed by atoms with E-state index in [0.717, 1.165) is 35.1 Å². The Bertz CT molecular complexity index is 907. The first-order valence-electron chi connectivity index (χ1n) is 8.03. The van der Waals surface area contributed by atoms with Crippen LogP contribution < -0.4 is 4.90 Å². The van der Waals surface area contributed by atoms with Gasteiger partial charge in [-0.2, -0.15) is 0 Å². The zero-order valence-corrected chi connectivity index (χ0v) is 15.0. The molecule has 6 heteroatoms. The molecule has 0 spiro atoms. The fourth-order valence-corrected chi connectivity index (χ4v) is 3.81. The number of aromatic nitrogens is 2. The second-order valence-corrected chi connectivity index (χ2v) is 7.22. The maximum absolute atomic E-state index is 12.5. The predicted molar refractivity (Wildman–Crippen MR) is 102 cm³/mol. The molecule has 1 aliphatic rings. The van der Waals surface area contributed by atoms with Crippen molar-refractivity contribution in [2.75, 3.05) is 17.2 Å². The van der Waals surface area contributed by atoms with E-state index >= 15 is 0 Å². The van der Waals surface area contributed by atoms with E-state index < -0.39 is 0 Å². The number of hydrogen-bond acceptors (Lipinski definition) is 3. The summed E-state index contributed by atoms with van der Waals surface area (Å²) in [5, 5.41) is 1.44. The van der Waals surface area contributed by atoms with Crippen molar-refractivity contribution in [3.05, 3.63) is 65.3 Å². The first-order chi connectivity index (χ1) is 12.2. The van der Waals surface area contributed by atoms with Crippen LogP contribution >= 0.6 is 23.4 Å². The zero-order chi connectivity index (χ0) is 17.2. The Hall–Kier alpha value is -2.24. The van der Waals surface area contributed by atoms with Crippen molar-refractivity contribution in [3.63, 3.8) is 0 Å². The molecule has 0 atom stereocenters. The molecule has 0 saturated carbocycles. The summed E-state index contributed by atoms with van der Waals surface area (Å²) in [6, 6.07) is 15.7. The topological polar surface area (TPSA) is 49.0 Å². The number of carbonyl (C=O) groups is 1. The highest BCUT2D eigenvalue weighted by atomic mass is 35.5. The average molecular weight is 370 g/mol. The van der Waals surface area contributed by atoms with Gasteiger partial charge in [-0.05, 0) is 35.7 Å². The van der Waals surface area contributed by atoms with Crippen LogP contribution in [0.2, 0.25) is 5.02 Å². The molecule has 1 aromatic heterocycles. The summed E-state index contributed by atoms with van der Waals surface area (Å²) in [4.78, 5) is 22.0. The van der Waals surface area contributed by atoms with Crippen LogP contribution in [0.5, 0.6) is 0 Å². The third kappa shape index (κ3) is 3.43. The van der Waals surface area contributed by atoms with E-state index in [2.05, 4.69) is 16.0 Å². The monoisotopic (exact) mass is 369 g/mol. The number of amides is 1. The smallest absolute Gasteiger partial charge is 0.237 e. The maximum Gasteiger partial charge on any atom is 0.237 e. The number of thioether (sulfide) groups is 1. The number of aromatic amines is 1. The van der Waals surface area contributed by atoms with Crippen molar-refractivity contribution in [3.8, 4) is 11.3 Å². The number of nitrogens with zero attached hydrogens (tertiary/aromatic N) is 2. The number of nitrogens with one attached hydrogen (secondary N) is 1. The van der Waals surface area contributed by atoms with Crippen LogP contribution in [0.3, 0.4) is 0 Å². The third-order valence-corrected chi connectivity index (χ3v) is 5.35. The lowest BCUT2D eigenvalue weighted by molar-refractivity contribution is -0.116. The van der Waals surface area contributed by atoms with E-state index in [4.69, 9.17) is 11.6 Å².